The number of aliphatic imine (C=N–C) groups is 1. The topological polar surface area (TPSA) is 68.9 Å². The van der Waals surface area contributed by atoms with Crippen LogP contribution < -0.4 is 20.5 Å². The van der Waals surface area contributed by atoms with Crippen LogP contribution in [0, 0.1) is 0 Å². The zero-order valence-electron chi connectivity index (χ0n) is 15.0. The van der Waals surface area contributed by atoms with Gasteiger partial charge in [0.2, 0.25) is 0 Å². The van der Waals surface area contributed by atoms with E-state index in [-0.39, 0.29) is 0 Å². The molecule has 0 aromatic heterocycles. The number of hydrogen-bond donors (Lipinski definition) is 2. The van der Waals surface area contributed by atoms with E-state index >= 15 is 0 Å². The average Bonchev–Trinajstić information content (AvgIpc) is 2.70. The van der Waals surface area contributed by atoms with E-state index in [0.717, 1.165) is 11.1 Å². The molecule has 0 saturated carbocycles. The molecule has 0 bridgehead atoms. The lowest BCUT2D eigenvalue weighted by atomic mass is 10.1. The summed E-state index contributed by atoms with van der Waals surface area (Å²) in [5.41, 5.74) is 8.15. The number of methoxy groups -OCH3 is 2. The van der Waals surface area contributed by atoms with E-state index in [4.69, 9.17) is 15.2 Å². The lowest BCUT2D eigenvalue weighted by Crippen LogP contribution is -2.31. The normalized spacial score (nSPS) is 11.4. The molecule has 0 amide bonds. The molecule has 0 aliphatic rings. The molecule has 0 fully saturated rings. The van der Waals surface area contributed by atoms with E-state index in [1.165, 1.54) is 10.8 Å². The molecule has 0 aliphatic carbocycles. The molecule has 134 valence electrons. The molecular formula is C21H23N3O2. The summed E-state index contributed by atoms with van der Waals surface area (Å²) in [6.07, 6.45) is 0. The van der Waals surface area contributed by atoms with Crippen LogP contribution in [0.5, 0.6) is 11.5 Å². The summed E-state index contributed by atoms with van der Waals surface area (Å²) in [6.45, 7) is 1.10. The number of nitrogens with one attached hydrogen (secondary N) is 1. The molecule has 3 aromatic carbocycles. The first-order valence-corrected chi connectivity index (χ1v) is 8.42. The van der Waals surface area contributed by atoms with Gasteiger partial charge in [-0.1, -0.05) is 42.5 Å². The Hall–Kier alpha value is -3.21. The maximum Gasteiger partial charge on any atom is 0.189 e. The summed E-state index contributed by atoms with van der Waals surface area (Å²) >= 11 is 0. The van der Waals surface area contributed by atoms with E-state index in [1.807, 2.05) is 30.3 Å². The van der Waals surface area contributed by atoms with Crippen molar-refractivity contribution in [1.29, 1.82) is 0 Å². The minimum absolute atomic E-state index is 0.410. The van der Waals surface area contributed by atoms with Crippen LogP contribution in [-0.2, 0) is 13.1 Å². The molecule has 0 radical (unpaired) electrons. The standard InChI is InChI=1S/C21H23N3O2/c1-25-19-10-8-16(12-20(19)26-2)14-24-21(22)23-13-15-7-9-17-5-3-4-6-18(17)11-15/h3-12H,13-14H2,1-2H3,(H3,22,23,24). The van der Waals surface area contributed by atoms with Crippen LogP contribution in [-0.4, -0.2) is 20.2 Å². The highest BCUT2D eigenvalue weighted by Crippen LogP contribution is 2.27. The monoisotopic (exact) mass is 349 g/mol. The molecule has 0 heterocycles. The number of guanidine groups is 1. The van der Waals surface area contributed by atoms with Crippen LogP contribution in [0.15, 0.2) is 65.7 Å². The lowest BCUT2D eigenvalue weighted by molar-refractivity contribution is 0.354. The summed E-state index contributed by atoms with van der Waals surface area (Å²) in [7, 11) is 3.24. The molecule has 5 nitrogen and oxygen atoms in total. The van der Waals surface area contributed by atoms with Gasteiger partial charge in [-0.2, -0.15) is 0 Å². The highest BCUT2D eigenvalue weighted by atomic mass is 16.5. The fraction of sp³-hybridized carbons (Fsp3) is 0.190. The molecule has 0 atom stereocenters. The second-order valence-corrected chi connectivity index (χ2v) is 5.93. The molecule has 3 N–H and O–H groups in total. The SMILES string of the molecule is COc1ccc(CNC(N)=NCc2ccc3ccccc3c2)cc1OC. The Morgan fingerprint density at radius 1 is 0.885 bits per heavy atom. The van der Waals surface area contributed by atoms with Crippen LogP contribution in [0.4, 0.5) is 0 Å². The first-order valence-electron chi connectivity index (χ1n) is 8.42. The third kappa shape index (κ3) is 4.25. The predicted octanol–water partition coefficient (Wildman–Crippen LogP) is 3.46. The van der Waals surface area contributed by atoms with Gasteiger partial charge in [-0.05, 0) is 40.1 Å². The molecule has 3 aromatic rings. The molecule has 26 heavy (non-hydrogen) atoms. The number of nitrogens with two attached hydrogens (primary N) is 1. The van der Waals surface area contributed by atoms with Crippen molar-refractivity contribution in [3.63, 3.8) is 0 Å². The largest absolute Gasteiger partial charge is 0.493 e. The Bertz CT molecular complexity index is 922. The Morgan fingerprint density at radius 3 is 2.38 bits per heavy atom. The van der Waals surface area contributed by atoms with E-state index in [1.54, 1.807) is 14.2 Å². The minimum Gasteiger partial charge on any atom is -0.493 e. The average molecular weight is 349 g/mol. The van der Waals surface area contributed by atoms with Gasteiger partial charge in [-0.15, -0.1) is 0 Å². The third-order valence-corrected chi connectivity index (χ3v) is 4.17. The number of fused-ring (bicyclic) bond motifs is 1. The van der Waals surface area contributed by atoms with Gasteiger partial charge < -0.3 is 20.5 Å². The zero-order chi connectivity index (χ0) is 18.4. The van der Waals surface area contributed by atoms with E-state index < -0.39 is 0 Å². The van der Waals surface area contributed by atoms with Gasteiger partial charge in [0.25, 0.3) is 0 Å². The Morgan fingerprint density at radius 2 is 1.62 bits per heavy atom. The van der Waals surface area contributed by atoms with Crippen LogP contribution in [0.3, 0.4) is 0 Å². The van der Waals surface area contributed by atoms with Crippen molar-refractivity contribution in [1.82, 2.24) is 5.32 Å². The van der Waals surface area contributed by atoms with Gasteiger partial charge in [0.15, 0.2) is 17.5 Å². The summed E-state index contributed by atoms with van der Waals surface area (Å²) in [6, 6.07) is 20.3. The molecule has 0 aliphatic heterocycles. The fourth-order valence-electron chi connectivity index (χ4n) is 2.75. The van der Waals surface area contributed by atoms with Crippen molar-refractivity contribution in [3.8, 4) is 11.5 Å². The van der Waals surface area contributed by atoms with Gasteiger partial charge in [-0.3, -0.25) is 0 Å². The quantitative estimate of drug-likeness (QED) is 0.528. The molecular weight excluding hydrogens is 326 g/mol. The van der Waals surface area contributed by atoms with Crippen molar-refractivity contribution in [3.05, 3.63) is 71.8 Å². The van der Waals surface area contributed by atoms with Gasteiger partial charge in [0.05, 0.1) is 20.8 Å². The number of benzene rings is 3. The number of rotatable bonds is 6. The van der Waals surface area contributed by atoms with E-state index in [0.29, 0.717) is 30.5 Å². The van der Waals surface area contributed by atoms with Crippen molar-refractivity contribution in [2.24, 2.45) is 10.7 Å². The summed E-state index contributed by atoms with van der Waals surface area (Å²) in [4.78, 5) is 4.42. The Balaban J connectivity index is 1.61. The van der Waals surface area contributed by atoms with E-state index in [9.17, 15) is 0 Å². The van der Waals surface area contributed by atoms with Crippen molar-refractivity contribution >= 4 is 16.7 Å². The minimum atomic E-state index is 0.410. The lowest BCUT2D eigenvalue weighted by Gasteiger charge is -2.10. The van der Waals surface area contributed by atoms with Gasteiger partial charge in [0.1, 0.15) is 0 Å². The van der Waals surface area contributed by atoms with Crippen molar-refractivity contribution in [2.75, 3.05) is 14.2 Å². The van der Waals surface area contributed by atoms with Gasteiger partial charge >= 0.3 is 0 Å². The Kier molecular flexibility index (Phi) is 5.59. The summed E-state index contributed by atoms with van der Waals surface area (Å²) in [5, 5.41) is 5.55. The van der Waals surface area contributed by atoms with Crippen molar-refractivity contribution < 1.29 is 9.47 Å². The first kappa shape index (κ1) is 17.6. The highest BCUT2D eigenvalue weighted by molar-refractivity contribution is 5.83. The fourth-order valence-corrected chi connectivity index (χ4v) is 2.75. The maximum atomic E-state index is 5.99. The second-order valence-electron chi connectivity index (χ2n) is 5.93. The number of hydrogen-bond acceptors (Lipinski definition) is 3. The second kappa shape index (κ2) is 8.25. The number of ether oxygens (including phenoxy) is 2. The molecule has 3 rings (SSSR count). The van der Waals surface area contributed by atoms with E-state index in [2.05, 4.69) is 40.6 Å². The Labute approximate surface area is 153 Å². The molecule has 0 saturated heterocycles. The number of nitrogens with zero attached hydrogens (tertiary/aromatic N) is 1. The summed E-state index contributed by atoms with van der Waals surface area (Å²) < 4.78 is 10.6. The van der Waals surface area contributed by atoms with Crippen LogP contribution >= 0.6 is 0 Å². The zero-order valence-corrected chi connectivity index (χ0v) is 15.0. The maximum absolute atomic E-state index is 5.99. The van der Waals surface area contributed by atoms with Gasteiger partial charge in [-0.25, -0.2) is 4.99 Å². The molecule has 0 spiro atoms. The summed E-state index contributed by atoms with van der Waals surface area (Å²) in [5.74, 6) is 1.81. The van der Waals surface area contributed by atoms with Gasteiger partial charge in [0, 0.05) is 6.54 Å². The van der Waals surface area contributed by atoms with Crippen LogP contribution in [0.2, 0.25) is 0 Å². The third-order valence-electron chi connectivity index (χ3n) is 4.17. The first-order chi connectivity index (χ1) is 12.7. The van der Waals surface area contributed by atoms with Crippen LogP contribution in [0.25, 0.3) is 10.8 Å². The highest BCUT2D eigenvalue weighted by Gasteiger charge is 2.04. The predicted molar refractivity (Wildman–Crippen MR) is 106 cm³/mol. The van der Waals surface area contributed by atoms with Crippen molar-refractivity contribution in [2.45, 2.75) is 13.1 Å². The molecule has 0 unspecified atom stereocenters. The smallest absolute Gasteiger partial charge is 0.189 e. The van der Waals surface area contributed by atoms with Crippen LogP contribution in [0.1, 0.15) is 11.1 Å². The molecule has 5 heteroatoms.